The lowest BCUT2D eigenvalue weighted by atomic mass is 10.0. The van der Waals surface area contributed by atoms with E-state index in [9.17, 15) is 19.5 Å². The molecule has 186 valence electrons. The Morgan fingerprint density at radius 1 is 0.970 bits per heavy atom. The Balaban J connectivity index is 2.91. The second kappa shape index (κ2) is 13.2. The van der Waals surface area contributed by atoms with Crippen LogP contribution in [0.25, 0.3) is 0 Å². The smallest absolute Gasteiger partial charge is 0.330 e. The van der Waals surface area contributed by atoms with E-state index in [2.05, 4.69) is 5.32 Å². The highest BCUT2D eigenvalue weighted by Gasteiger charge is 2.34. The van der Waals surface area contributed by atoms with Gasteiger partial charge in [-0.3, -0.25) is 19.4 Å². The summed E-state index contributed by atoms with van der Waals surface area (Å²) in [5, 5.41) is 12.3. The van der Waals surface area contributed by atoms with E-state index < -0.39 is 42.1 Å². The lowest BCUT2D eigenvalue weighted by molar-refractivity contribution is -0.160. The maximum absolute atomic E-state index is 12.9. The van der Waals surface area contributed by atoms with Crippen molar-refractivity contribution in [1.29, 1.82) is 0 Å². The van der Waals surface area contributed by atoms with Crippen molar-refractivity contribution in [3.63, 3.8) is 0 Å². The number of carbonyl (C=O) groups is 3. The molecule has 0 aliphatic heterocycles. The number of methoxy groups -OCH3 is 1. The summed E-state index contributed by atoms with van der Waals surface area (Å²) in [4.78, 5) is 41.1. The second-order valence-corrected chi connectivity index (χ2v) is 9.11. The largest absolute Gasteiger partial charge is 0.497 e. The second-order valence-electron chi connectivity index (χ2n) is 9.11. The quantitative estimate of drug-likeness (QED) is 0.424. The molecule has 1 amide bonds. The summed E-state index contributed by atoms with van der Waals surface area (Å²) in [5.41, 5.74) is 0.907. The molecule has 0 spiro atoms. The number of esters is 1. The molecule has 0 aliphatic rings. The topological polar surface area (TPSA) is 108 Å². The molecule has 0 heterocycles. The van der Waals surface area contributed by atoms with E-state index in [1.165, 1.54) is 6.92 Å². The number of ether oxygens (including phenoxy) is 2. The van der Waals surface area contributed by atoms with E-state index in [-0.39, 0.29) is 5.92 Å². The lowest BCUT2D eigenvalue weighted by Gasteiger charge is -2.30. The number of rotatable bonds is 13. The number of hydrogen-bond donors (Lipinski definition) is 2. The van der Waals surface area contributed by atoms with E-state index in [4.69, 9.17) is 9.47 Å². The number of nitrogens with zero attached hydrogens (tertiary/aromatic N) is 2. The van der Waals surface area contributed by atoms with Crippen molar-refractivity contribution in [2.45, 2.75) is 57.8 Å². The molecule has 33 heavy (non-hydrogen) atoms. The molecule has 9 nitrogen and oxygen atoms in total. The van der Waals surface area contributed by atoms with Gasteiger partial charge in [-0.05, 0) is 71.6 Å². The first kappa shape index (κ1) is 28.4. The Morgan fingerprint density at radius 3 is 1.94 bits per heavy atom. The van der Waals surface area contributed by atoms with Crippen molar-refractivity contribution >= 4 is 17.8 Å². The summed E-state index contributed by atoms with van der Waals surface area (Å²) in [6, 6.07) is 4.88. The van der Waals surface area contributed by atoms with Gasteiger partial charge in [0, 0.05) is 0 Å². The van der Waals surface area contributed by atoms with Gasteiger partial charge >= 0.3 is 11.9 Å². The Morgan fingerprint density at radius 2 is 1.52 bits per heavy atom. The molecule has 2 N–H and O–H groups in total. The van der Waals surface area contributed by atoms with Crippen LogP contribution < -0.4 is 10.1 Å². The van der Waals surface area contributed by atoms with Gasteiger partial charge in [0.15, 0.2) is 6.04 Å². The molecule has 0 bridgehead atoms. The van der Waals surface area contributed by atoms with Crippen molar-refractivity contribution in [2.24, 2.45) is 5.92 Å². The average Bonchev–Trinajstić information content (AvgIpc) is 2.73. The number of hydrogen-bond acceptors (Lipinski definition) is 7. The summed E-state index contributed by atoms with van der Waals surface area (Å²) in [6.07, 6.45) is -0.104. The number of carboxylic acid groups (broad SMARTS) is 1. The summed E-state index contributed by atoms with van der Waals surface area (Å²) in [5.74, 6) is -1.27. The number of aliphatic carboxylic acids is 1. The molecular formula is C24H39N3O6. The first-order valence-corrected chi connectivity index (χ1v) is 11.1. The SMILES string of the molecule is COc1ccc(C[C@@H](C(=O)O[C@H](C)C(NC(=O)[C@@H](CC(C)C)N(C)C)C(=O)O)N(C)C)cc1. The van der Waals surface area contributed by atoms with Crippen molar-refractivity contribution in [2.75, 3.05) is 35.3 Å². The highest BCUT2D eigenvalue weighted by Crippen LogP contribution is 2.16. The molecule has 4 atom stereocenters. The number of amides is 1. The van der Waals surface area contributed by atoms with Crippen molar-refractivity contribution in [3.8, 4) is 5.75 Å². The van der Waals surface area contributed by atoms with Crippen LogP contribution in [0.4, 0.5) is 0 Å². The molecule has 1 rings (SSSR count). The normalized spacial score (nSPS) is 15.1. The predicted octanol–water partition coefficient (Wildman–Crippen LogP) is 1.65. The van der Waals surface area contributed by atoms with Gasteiger partial charge in [-0.15, -0.1) is 0 Å². The minimum Gasteiger partial charge on any atom is -0.497 e. The van der Waals surface area contributed by atoms with Crippen LogP contribution in [0.2, 0.25) is 0 Å². The molecule has 1 aromatic carbocycles. The van der Waals surface area contributed by atoms with Gasteiger partial charge in [0.25, 0.3) is 0 Å². The van der Waals surface area contributed by atoms with Gasteiger partial charge in [0.2, 0.25) is 5.91 Å². The highest BCUT2D eigenvalue weighted by molar-refractivity contribution is 5.87. The van der Waals surface area contributed by atoms with Crippen LogP contribution in [-0.4, -0.2) is 92.3 Å². The molecule has 0 fully saturated rings. The molecule has 9 heteroatoms. The predicted molar refractivity (Wildman–Crippen MR) is 126 cm³/mol. The molecule has 0 aromatic heterocycles. The van der Waals surface area contributed by atoms with Crippen LogP contribution in [0, 0.1) is 5.92 Å². The molecule has 1 aromatic rings. The average molecular weight is 466 g/mol. The zero-order valence-electron chi connectivity index (χ0n) is 21.0. The van der Waals surface area contributed by atoms with E-state index in [1.54, 1.807) is 45.1 Å². The Hall–Kier alpha value is -2.65. The molecule has 0 saturated heterocycles. The van der Waals surface area contributed by atoms with Gasteiger partial charge in [0.05, 0.1) is 13.2 Å². The Labute approximate surface area is 197 Å². The van der Waals surface area contributed by atoms with Gasteiger partial charge < -0.3 is 19.9 Å². The molecule has 1 unspecified atom stereocenters. The number of nitrogens with one attached hydrogen (secondary N) is 1. The zero-order chi connectivity index (χ0) is 25.3. The summed E-state index contributed by atoms with van der Waals surface area (Å²) >= 11 is 0. The van der Waals surface area contributed by atoms with E-state index >= 15 is 0 Å². The minimum atomic E-state index is -1.36. The van der Waals surface area contributed by atoms with Crippen LogP contribution >= 0.6 is 0 Å². The standard InChI is InChI=1S/C24H39N3O6/c1-15(2)13-19(26(4)5)22(28)25-21(23(29)30)16(3)33-24(31)20(27(6)7)14-17-9-11-18(32-8)12-10-17/h9-12,15-16,19-21H,13-14H2,1-8H3,(H,25,28)(H,29,30)/t16-,19-,20+,21?/m1/s1. The molecule has 0 saturated carbocycles. The Bertz CT molecular complexity index is 779. The first-order valence-electron chi connectivity index (χ1n) is 11.1. The molecule has 0 radical (unpaired) electrons. The monoisotopic (exact) mass is 465 g/mol. The van der Waals surface area contributed by atoms with Gasteiger partial charge in [-0.1, -0.05) is 26.0 Å². The van der Waals surface area contributed by atoms with Crippen molar-refractivity contribution in [3.05, 3.63) is 29.8 Å². The van der Waals surface area contributed by atoms with Crippen molar-refractivity contribution in [1.82, 2.24) is 15.1 Å². The minimum absolute atomic E-state index is 0.250. The maximum atomic E-state index is 12.9. The van der Waals surface area contributed by atoms with E-state index in [1.807, 2.05) is 38.1 Å². The number of carbonyl (C=O) groups excluding carboxylic acids is 2. The van der Waals surface area contributed by atoms with Crippen LogP contribution in [0.3, 0.4) is 0 Å². The fraction of sp³-hybridized carbons (Fsp3) is 0.625. The number of benzene rings is 1. The molecular weight excluding hydrogens is 426 g/mol. The highest BCUT2D eigenvalue weighted by atomic mass is 16.5. The van der Waals surface area contributed by atoms with Crippen LogP contribution in [0.15, 0.2) is 24.3 Å². The van der Waals surface area contributed by atoms with E-state index in [0.717, 1.165) is 5.56 Å². The van der Waals surface area contributed by atoms with Gasteiger partial charge in [0.1, 0.15) is 17.9 Å². The zero-order valence-corrected chi connectivity index (χ0v) is 21.0. The number of likely N-dealkylation sites (N-methyl/N-ethyl adjacent to an activating group) is 2. The summed E-state index contributed by atoms with van der Waals surface area (Å²) < 4.78 is 10.7. The fourth-order valence-corrected chi connectivity index (χ4v) is 3.42. The third kappa shape index (κ3) is 9.01. The van der Waals surface area contributed by atoms with Crippen LogP contribution in [0.1, 0.15) is 32.8 Å². The van der Waals surface area contributed by atoms with Crippen LogP contribution in [0.5, 0.6) is 5.75 Å². The lowest BCUT2D eigenvalue weighted by Crippen LogP contribution is -2.55. The third-order valence-electron chi connectivity index (χ3n) is 5.44. The van der Waals surface area contributed by atoms with Crippen LogP contribution in [-0.2, 0) is 25.5 Å². The third-order valence-corrected chi connectivity index (χ3v) is 5.44. The first-order chi connectivity index (χ1) is 15.4. The van der Waals surface area contributed by atoms with E-state index in [0.29, 0.717) is 18.6 Å². The Kier molecular flexibility index (Phi) is 11.3. The number of carboxylic acids is 1. The summed E-state index contributed by atoms with van der Waals surface area (Å²) in [6.45, 7) is 5.46. The van der Waals surface area contributed by atoms with Gasteiger partial charge in [-0.25, -0.2) is 4.79 Å². The van der Waals surface area contributed by atoms with Gasteiger partial charge in [-0.2, -0.15) is 0 Å². The maximum Gasteiger partial charge on any atom is 0.330 e. The summed E-state index contributed by atoms with van der Waals surface area (Å²) in [7, 11) is 8.63. The van der Waals surface area contributed by atoms with Crippen molar-refractivity contribution < 1.29 is 29.0 Å². The molecule has 0 aliphatic carbocycles. The fourth-order valence-electron chi connectivity index (χ4n) is 3.42.